The molecule has 92 valence electrons. The van der Waals surface area contributed by atoms with Crippen LogP contribution >= 0.6 is 0 Å². The fourth-order valence-electron chi connectivity index (χ4n) is 2.66. The van der Waals surface area contributed by atoms with Crippen LogP contribution in [0.15, 0.2) is 49.2 Å². The summed E-state index contributed by atoms with van der Waals surface area (Å²) in [6.07, 6.45) is 7.64. The predicted octanol–water partition coefficient (Wildman–Crippen LogP) is 3.20. The Morgan fingerprint density at radius 2 is 2.22 bits per heavy atom. The third-order valence-corrected chi connectivity index (χ3v) is 3.52. The van der Waals surface area contributed by atoms with E-state index in [4.69, 9.17) is 0 Å². The number of para-hydroxylation sites is 1. The van der Waals surface area contributed by atoms with E-state index in [0.29, 0.717) is 0 Å². The average Bonchev–Trinajstić information content (AvgIpc) is 2.80. The normalized spacial score (nSPS) is 15.7. The zero-order valence-electron chi connectivity index (χ0n) is 10.5. The fraction of sp³-hybridized carbons (Fsp3) is 0.250. The molecule has 2 heteroatoms. The van der Waals surface area contributed by atoms with Crippen molar-refractivity contribution in [3.63, 3.8) is 0 Å². The molecule has 1 aromatic heterocycles. The van der Waals surface area contributed by atoms with Crippen LogP contribution in [0.1, 0.15) is 12.0 Å². The molecule has 0 radical (unpaired) electrons. The van der Waals surface area contributed by atoms with Crippen molar-refractivity contribution in [3.05, 3.63) is 54.8 Å². The average molecular weight is 238 g/mol. The molecule has 2 heterocycles. The van der Waals surface area contributed by atoms with Crippen LogP contribution in [0.4, 0.5) is 0 Å². The van der Waals surface area contributed by atoms with Crippen molar-refractivity contribution in [1.82, 2.24) is 9.88 Å². The van der Waals surface area contributed by atoms with E-state index in [-0.39, 0.29) is 0 Å². The van der Waals surface area contributed by atoms with E-state index in [2.05, 4.69) is 53.0 Å². The van der Waals surface area contributed by atoms with Crippen molar-refractivity contribution >= 4 is 16.5 Å². The van der Waals surface area contributed by atoms with E-state index in [9.17, 15) is 0 Å². The van der Waals surface area contributed by atoms with Crippen LogP contribution < -0.4 is 5.32 Å². The molecule has 2 aromatic rings. The van der Waals surface area contributed by atoms with Crippen LogP contribution in [0.25, 0.3) is 16.5 Å². The lowest BCUT2D eigenvalue weighted by molar-refractivity contribution is 0.738. The molecule has 0 unspecified atom stereocenters. The summed E-state index contributed by atoms with van der Waals surface area (Å²) in [6.45, 7) is 6.76. The van der Waals surface area contributed by atoms with Crippen molar-refractivity contribution in [3.8, 4) is 0 Å². The minimum atomic E-state index is 0.867. The number of nitrogens with zero attached hydrogens (tertiary/aromatic N) is 1. The van der Waals surface area contributed by atoms with Gasteiger partial charge in [0.2, 0.25) is 0 Å². The van der Waals surface area contributed by atoms with E-state index in [1.54, 1.807) is 0 Å². The quantitative estimate of drug-likeness (QED) is 0.812. The van der Waals surface area contributed by atoms with Gasteiger partial charge in [-0.15, -0.1) is 6.58 Å². The van der Waals surface area contributed by atoms with E-state index >= 15 is 0 Å². The first kappa shape index (κ1) is 11.3. The SMILES string of the molecule is C=CCn1cc(C2=CCNCC2)c2ccccc21. The second-order valence-electron chi connectivity index (χ2n) is 4.68. The Morgan fingerprint density at radius 3 is 3.00 bits per heavy atom. The van der Waals surface area contributed by atoms with Gasteiger partial charge >= 0.3 is 0 Å². The van der Waals surface area contributed by atoms with Gasteiger partial charge in [0.15, 0.2) is 0 Å². The lowest BCUT2D eigenvalue weighted by atomic mass is 10.00. The molecule has 0 spiro atoms. The number of fused-ring (bicyclic) bond motifs is 1. The van der Waals surface area contributed by atoms with Gasteiger partial charge in [-0.2, -0.15) is 0 Å². The highest BCUT2D eigenvalue weighted by Gasteiger charge is 2.12. The van der Waals surface area contributed by atoms with Gasteiger partial charge < -0.3 is 9.88 Å². The number of nitrogens with one attached hydrogen (secondary N) is 1. The first-order valence-corrected chi connectivity index (χ1v) is 6.49. The van der Waals surface area contributed by atoms with Crippen LogP contribution in [0, 0.1) is 0 Å². The molecule has 1 N–H and O–H groups in total. The van der Waals surface area contributed by atoms with Crippen LogP contribution in [0.2, 0.25) is 0 Å². The van der Waals surface area contributed by atoms with E-state index in [1.807, 2.05) is 6.08 Å². The molecule has 1 aromatic carbocycles. The highest BCUT2D eigenvalue weighted by atomic mass is 15.0. The molecule has 0 bridgehead atoms. The topological polar surface area (TPSA) is 17.0 Å². The van der Waals surface area contributed by atoms with Gasteiger partial charge in [-0.1, -0.05) is 30.4 Å². The Kier molecular flexibility index (Phi) is 3.03. The Morgan fingerprint density at radius 1 is 1.33 bits per heavy atom. The molecule has 0 atom stereocenters. The molecule has 0 saturated carbocycles. The third-order valence-electron chi connectivity index (χ3n) is 3.52. The fourth-order valence-corrected chi connectivity index (χ4v) is 2.66. The maximum Gasteiger partial charge on any atom is 0.0489 e. The maximum absolute atomic E-state index is 3.84. The summed E-state index contributed by atoms with van der Waals surface area (Å²) < 4.78 is 2.28. The van der Waals surface area contributed by atoms with Gasteiger partial charge in [0.05, 0.1) is 0 Å². The number of hydrogen-bond acceptors (Lipinski definition) is 1. The second-order valence-corrected chi connectivity index (χ2v) is 4.68. The lowest BCUT2D eigenvalue weighted by Gasteiger charge is -2.13. The minimum Gasteiger partial charge on any atom is -0.343 e. The molecule has 0 amide bonds. The lowest BCUT2D eigenvalue weighted by Crippen LogP contribution is -2.19. The van der Waals surface area contributed by atoms with Crippen LogP contribution in [0.3, 0.4) is 0 Å². The monoisotopic (exact) mass is 238 g/mol. The van der Waals surface area contributed by atoms with Crippen molar-refractivity contribution < 1.29 is 0 Å². The van der Waals surface area contributed by atoms with Gasteiger partial charge in [-0.05, 0) is 24.6 Å². The summed E-state index contributed by atoms with van der Waals surface area (Å²) in [5, 5.41) is 4.72. The van der Waals surface area contributed by atoms with Gasteiger partial charge in [-0.3, -0.25) is 0 Å². The molecule has 3 rings (SSSR count). The standard InChI is InChI=1S/C16H18N2/c1-2-11-18-12-15(13-7-9-17-10-8-13)14-5-3-4-6-16(14)18/h2-7,12,17H,1,8-11H2. The number of hydrogen-bond donors (Lipinski definition) is 1. The molecular weight excluding hydrogens is 220 g/mol. The van der Waals surface area contributed by atoms with Crippen molar-refractivity contribution in [2.75, 3.05) is 13.1 Å². The van der Waals surface area contributed by atoms with Gasteiger partial charge in [-0.25, -0.2) is 0 Å². The Labute approximate surface area is 108 Å². The van der Waals surface area contributed by atoms with Crippen molar-refractivity contribution in [2.24, 2.45) is 0 Å². The first-order valence-electron chi connectivity index (χ1n) is 6.49. The zero-order chi connectivity index (χ0) is 12.4. The number of allylic oxidation sites excluding steroid dienone is 1. The number of benzene rings is 1. The Balaban J connectivity index is 2.16. The predicted molar refractivity (Wildman–Crippen MR) is 77.6 cm³/mol. The first-order chi connectivity index (χ1) is 8.90. The minimum absolute atomic E-state index is 0.867. The molecule has 18 heavy (non-hydrogen) atoms. The Hall–Kier alpha value is -1.80. The number of aromatic nitrogens is 1. The van der Waals surface area contributed by atoms with E-state index in [0.717, 1.165) is 26.1 Å². The zero-order valence-corrected chi connectivity index (χ0v) is 10.5. The number of rotatable bonds is 3. The van der Waals surface area contributed by atoms with Gasteiger partial charge in [0.25, 0.3) is 0 Å². The highest BCUT2D eigenvalue weighted by molar-refractivity contribution is 5.93. The largest absolute Gasteiger partial charge is 0.343 e. The third kappa shape index (κ3) is 1.89. The Bertz CT molecular complexity index is 605. The molecule has 2 nitrogen and oxygen atoms in total. The van der Waals surface area contributed by atoms with E-state index in [1.165, 1.54) is 22.0 Å². The van der Waals surface area contributed by atoms with Crippen molar-refractivity contribution in [1.29, 1.82) is 0 Å². The van der Waals surface area contributed by atoms with Crippen molar-refractivity contribution in [2.45, 2.75) is 13.0 Å². The summed E-state index contributed by atoms with van der Waals surface area (Å²) >= 11 is 0. The molecule has 0 fully saturated rings. The molecule has 1 aliphatic heterocycles. The summed E-state index contributed by atoms with van der Waals surface area (Å²) in [6, 6.07) is 8.62. The summed E-state index contributed by atoms with van der Waals surface area (Å²) in [5.74, 6) is 0. The second kappa shape index (κ2) is 4.83. The molecule has 0 saturated heterocycles. The molecule has 0 aliphatic carbocycles. The molecule has 1 aliphatic rings. The molecular formula is C16H18N2. The smallest absolute Gasteiger partial charge is 0.0489 e. The van der Waals surface area contributed by atoms with Crippen LogP contribution in [-0.2, 0) is 6.54 Å². The highest BCUT2D eigenvalue weighted by Crippen LogP contribution is 2.29. The van der Waals surface area contributed by atoms with Gasteiger partial charge in [0.1, 0.15) is 0 Å². The maximum atomic E-state index is 3.84. The van der Waals surface area contributed by atoms with Crippen LogP contribution in [-0.4, -0.2) is 17.7 Å². The summed E-state index contributed by atoms with van der Waals surface area (Å²) in [5.41, 5.74) is 4.15. The van der Waals surface area contributed by atoms with Crippen LogP contribution in [0.5, 0.6) is 0 Å². The summed E-state index contributed by atoms with van der Waals surface area (Å²) in [4.78, 5) is 0. The van der Waals surface area contributed by atoms with Gasteiger partial charge in [0, 0.05) is 35.8 Å². The van der Waals surface area contributed by atoms with E-state index < -0.39 is 0 Å². The summed E-state index contributed by atoms with van der Waals surface area (Å²) in [7, 11) is 0.